The monoisotopic (exact) mass is 357 g/mol. The molecule has 3 aromatic rings. The summed E-state index contributed by atoms with van der Waals surface area (Å²) in [6.07, 6.45) is 1.43. The highest BCUT2D eigenvalue weighted by Gasteiger charge is 2.12. The highest BCUT2D eigenvalue weighted by Crippen LogP contribution is 2.28. The Morgan fingerprint density at radius 1 is 1.15 bits per heavy atom. The molecule has 0 aliphatic rings. The molecule has 8 nitrogen and oxygen atoms in total. The minimum absolute atomic E-state index is 0.0449. The van der Waals surface area contributed by atoms with Crippen molar-refractivity contribution < 1.29 is 18.7 Å². The summed E-state index contributed by atoms with van der Waals surface area (Å²) in [5.74, 6) is 0.161. The van der Waals surface area contributed by atoms with Gasteiger partial charge in [0.1, 0.15) is 12.1 Å². The number of nitrogens with zero attached hydrogens (tertiary/aromatic N) is 4. The van der Waals surface area contributed by atoms with Crippen molar-refractivity contribution in [2.75, 3.05) is 19.5 Å². The van der Waals surface area contributed by atoms with Crippen molar-refractivity contribution in [1.29, 1.82) is 0 Å². The summed E-state index contributed by atoms with van der Waals surface area (Å²) in [4.78, 5) is 12.3. The molecule has 0 atom stereocenters. The van der Waals surface area contributed by atoms with Gasteiger partial charge < -0.3 is 14.8 Å². The first-order valence-electron chi connectivity index (χ1n) is 7.64. The Morgan fingerprint density at radius 2 is 1.96 bits per heavy atom. The second kappa shape index (κ2) is 7.60. The lowest BCUT2D eigenvalue weighted by atomic mass is 10.1. The van der Waals surface area contributed by atoms with Crippen LogP contribution in [0.15, 0.2) is 42.7 Å². The average molecular weight is 357 g/mol. The van der Waals surface area contributed by atoms with Crippen LogP contribution in [0, 0.1) is 5.82 Å². The number of hydrogen-bond acceptors (Lipinski definition) is 6. The van der Waals surface area contributed by atoms with Crippen molar-refractivity contribution >= 4 is 11.6 Å². The molecule has 26 heavy (non-hydrogen) atoms. The van der Waals surface area contributed by atoms with Crippen LogP contribution in [0.3, 0.4) is 0 Å². The van der Waals surface area contributed by atoms with Gasteiger partial charge in [-0.15, -0.1) is 5.10 Å². The first-order valence-corrected chi connectivity index (χ1v) is 7.64. The first-order chi connectivity index (χ1) is 12.6. The van der Waals surface area contributed by atoms with Crippen LogP contribution in [0.25, 0.3) is 5.69 Å². The zero-order chi connectivity index (χ0) is 18.5. The van der Waals surface area contributed by atoms with E-state index in [0.29, 0.717) is 22.7 Å². The summed E-state index contributed by atoms with van der Waals surface area (Å²) >= 11 is 0. The standard InChI is InChI=1S/C17H16FN5O3/c1-25-15-6-3-11(7-16(15)26-2)8-17(24)20-14-9-12(4-5-13(14)18)23-10-19-21-22-23/h3-7,9-10H,8H2,1-2H3,(H,20,24). The number of rotatable bonds is 6. The number of benzene rings is 2. The van der Waals surface area contributed by atoms with Gasteiger partial charge in [0.15, 0.2) is 11.5 Å². The van der Waals surface area contributed by atoms with E-state index in [1.807, 2.05) is 0 Å². The number of carbonyl (C=O) groups is 1. The molecule has 0 aliphatic carbocycles. The van der Waals surface area contributed by atoms with E-state index in [9.17, 15) is 9.18 Å². The van der Waals surface area contributed by atoms with Gasteiger partial charge in [-0.05, 0) is 46.3 Å². The van der Waals surface area contributed by atoms with Crippen molar-refractivity contribution in [1.82, 2.24) is 20.2 Å². The van der Waals surface area contributed by atoms with Crippen LogP contribution in [-0.2, 0) is 11.2 Å². The van der Waals surface area contributed by atoms with Gasteiger partial charge >= 0.3 is 0 Å². The molecule has 0 bridgehead atoms. The van der Waals surface area contributed by atoms with E-state index in [1.54, 1.807) is 18.2 Å². The highest BCUT2D eigenvalue weighted by atomic mass is 19.1. The molecule has 0 spiro atoms. The Labute approximate surface area is 148 Å². The van der Waals surface area contributed by atoms with Crippen molar-refractivity contribution in [2.24, 2.45) is 0 Å². The summed E-state index contributed by atoms with van der Waals surface area (Å²) in [5.41, 5.74) is 1.28. The van der Waals surface area contributed by atoms with Gasteiger partial charge in [0.2, 0.25) is 5.91 Å². The maximum Gasteiger partial charge on any atom is 0.228 e. The van der Waals surface area contributed by atoms with Crippen LogP contribution in [0.1, 0.15) is 5.56 Å². The molecule has 0 unspecified atom stereocenters. The fourth-order valence-electron chi connectivity index (χ4n) is 2.40. The Hall–Kier alpha value is -3.49. The van der Waals surface area contributed by atoms with Gasteiger partial charge in [-0.2, -0.15) is 0 Å². The zero-order valence-corrected chi connectivity index (χ0v) is 14.1. The lowest BCUT2D eigenvalue weighted by molar-refractivity contribution is -0.115. The molecule has 0 saturated carbocycles. The molecule has 9 heteroatoms. The number of tetrazole rings is 1. The van der Waals surface area contributed by atoms with Gasteiger partial charge in [-0.1, -0.05) is 6.07 Å². The largest absolute Gasteiger partial charge is 0.493 e. The number of amides is 1. The van der Waals surface area contributed by atoms with Crippen molar-refractivity contribution in [3.8, 4) is 17.2 Å². The number of carbonyl (C=O) groups excluding carboxylic acids is 1. The Bertz CT molecular complexity index is 915. The smallest absolute Gasteiger partial charge is 0.228 e. The van der Waals surface area contributed by atoms with Crippen LogP contribution in [0.2, 0.25) is 0 Å². The number of ether oxygens (including phenoxy) is 2. The molecule has 0 saturated heterocycles. The van der Waals surface area contributed by atoms with Crippen LogP contribution < -0.4 is 14.8 Å². The van der Waals surface area contributed by atoms with Crippen LogP contribution in [-0.4, -0.2) is 40.3 Å². The third kappa shape index (κ3) is 3.77. The van der Waals surface area contributed by atoms with Gasteiger partial charge in [0.05, 0.1) is 32.0 Å². The lowest BCUT2D eigenvalue weighted by Crippen LogP contribution is -2.16. The molecular weight excluding hydrogens is 341 g/mol. The number of aromatic nitrogens is 4. The van der Waals surface area contributed by atoms with Gasteiger partial charge in [-0.25, -0.2) is 9.07 Å². The maximum atomic E-state index is 14.0. The lowest BCUT2D eigenvalue weighted by Gasteiger charge is -2.11. The maximum absolute atomic E-state index is 14.0. The molecule has 1 amide bonds. The predicted molar refractivity (Wildman–Crippen MR) is 91.0 cm³/mol. The van der Waals surface area contributed by atoms with E-state index in [-0.39, 0.29) is 18.0 Å². The van der Waals surface area contributed by atoms with Gasteiger partial charge in [-0.3, -0.25) is 4.79 Å². The predicted octanol–water partition coefficient (Wildman–Crippen LogP) is 2.00. The molecular formula is C17H16FN5O3. The molecule has 3 rings (SSSR count). The van der Waals surface area contributed by atoms with E-state index >= 15 is 0 Å². The van der Waals surface area contributed by atoms with E-state index in [4.69, 9.17) is 9.47 Å². The molecule has 0 aliphatic heterocycles. The number of methoxy groups -OCH3 is 2. The molecule has 0 fully saturated rings. The van der Waals surface area contributed by atoms with Crippen molar-refractivity contribution in [3.05, 3.63) is 54.1 Å². The summed E-state index contributed by atoms with van der Waals surface area (Å²) in [6, 6.07) is 9.36. The number of nitrogens with one attached hydrogen (secondary N) is 1. The number of halogens is 1. The number of hydrogen-bond donors (Lipinski definition) is 1. The second-order valence-electron chi connectivity index (χ2n) is 5.33. The fourth-order valence-corrected chi connectivity index (χ4v) is 2.40. The average Bonchev–Trinajstić information content (AvgIpc) is 3.18. The fraction of sp³-hybridized carbons (Fsp3) is 0.176. The molecule has 1 aromatic heterocycles. The molecule has 1 heterocycles. The van der Waals surface area contributed by atoms with E-state index in [0.717, 1.165) is 0 Å². The summed E-state index contributed by atoms with van der Waals surface area (Å²) in [6.45, 7) is 0. The van der Waals surface area contributed by atoms with Gasteiger partial charge in [0, 0.05) is 0 Å². The summed E-state index contributed by atoms with van der Waals surface area (Å²) in [7, 11) is 3.05. The minimum atomic E-state index is -0.553. The molecule has 1 N–H and O–H groups in total. The Kier molecular flexibility index (Phi) is 5.07. The third-order valence-corrected chi connectivity index (χ3v) is 3.65. The van der Waals surface area contributed by atoms with Crippen LogP contribution >= 0.6 is 0 Å². The van der Waals surface area contributed by atoms with E-state index in [1.165, 1.54) is 43.4 Å². The topological polar surface area (TPSA) is 91.2 Å². The second-order valence-corrected chi connectivity index (χ2v) is 5.33. The molecule has 0 radical (unpaired) electrons. The highest BCUT2D eigenvalue weighted by molar-refractivity contribution is 5.92. The quantitative estimate of drug-likeness (QED) is 0.726. The van der Waals surface area contributed by atoms with E-state index < -0.39 is 5.82 Å². The third-order valence-electron chi connectivity index (χ3n) is 3.65. The summed E-state index contributed by atoms with van der Waals surface area (Å²) < 4.78 is 25.8. The van der Waals surface area contributed by atoms with Crippen LogP contribution in [0.4, 0.5) is 10.1 Å². The first kappa shape index (κ1) is 17.3. The SMILES string of the molecule is COc1ccc(CC(=O)Nc2cc(-n3cnnn3)ccc2F)cc1OC. The van der Waals surface area contributed by atoms with Crippen molar-refractivity contribution in [2.45, 2.75) is 6.42 Å². The van der Waals surface area contributed by atoms with Crippen molar-refractivity contribution in [3.63, 3.8) is 0 Å². The van der Waals surface area contributed by atoms with Crippen LogP contribution in [0.5, 0.6) is 11.5 Å². The van der Waals surface area contributed by atoms with Gasteiger partial charge in [0.25, 0.3) is 0 Å². The molecule has 134 valence electrons. The molecule has 2 aromatic carbocycles. The number of anilines is 1. The normalized spacial score (nSPS) is 10.4. The Morgan fingerprint density at radius 3 is 2.65 bits per heavy atom. The minimum Gasteiger partial charge on any atom is -0.493 e. The Balaban J connectivity index is 1.75. The zero-order valence-electron chi connectivity index (χ0n) is 14.1. The van der Waals surface area contributed by atoms with E-state index in [2.05, 4.69) is 20.8 Å². The summed E-state index contributed by atoms with van der Waals surface area (Å²) in [5, 5.41) is 13.3.